The Balaban J connectivity index is 2.41. The van der Waals surface area contributed by atoms with Crippen LogP contribution in [0.15, 0.2) is 36.4 Å². The highest BCUT2D eigenvalue weighted by atomic mass is 14.8. The van der Waals surface area contributed by atoms with Crippen molar-refractivity contribution in [2.75, 3.05) is 6.54 Å². The standard InChI is InChI=1S/C12H17N/c1-3-4-9-13-10-12-8-6-5-7-11(12)2/h3-8,13H,9-10H2,1-2H3/b4-3+. The lowest BCUT2D eigenvalue weighted by Crippen LogP contribution is -2.13. The van der Waals surface area contributed by atoms with Crippen molar-refractivity contribution in [1.29, 1.82) is 0 Å². The molecule has 1 aromatic rings. The molecule has 0 amide bonds. The summed E-state index contributed by atoms with van der Waals surface area (Å²) in [6.45, 7) is 6.09. The summed E-state index contributed by atoms with van der Waals surface area (Å²) in [4.78, 5) is 0. The quantitative estimate of drug-likeness (QED) is 0.548. The van der Waals surface area contributed by atoms with Crippen LogP contribution >= 0.6 is 0 Å². The molecule has 0 saturated heterocycles. The van der Waals surface area contributed by atoms with E-state index in [1.54, 1.807) is 0 Å². The number of rotatable bonds is 4. The van der Waals surface area contributed by atoms with Gasteiger partial charge in [0.15, 0.2) is 0 Å². The van der Waals surface area contributed by atoms with E-state index in [-0.39, 0.29) is 0 Å². The van der Waals surface area contributed by atoms with E-state index in [0.717, 1.165) is 13.1 Å². The van der Waals surface area contributed by atoms with Gasteiger partial charge in [0, 0.05) is 13.1 Å². The summed E-state index contributed by atoms with van der Waals surface area (Å²) < 4.78 is 0. The van der Waals surface area contributed by atoms with Gasteiger partial charge in [-0.2, -0.15) is 0 Å². The molecule has 0 heterocycles. The normalized spacial score (nSPS) is 10.9. The zero-order chi connectivity index (χ0) is 9.52. The molecule has 0 saturated carbocycles. The van der Waals surface area contributed by atoms with Gasteiger partial charge in [0.1, 0.15) is 0 Å². The highest BCUT2D eigenvalue weighted by molar-refractivity contribution is 5.25. The Kier molecular flexibility index (Phi) is 4.27. The number of allylic oxidation sites excluding steroid dienone is 1. The molecule has 13 heavy (non-hydrogen) atoms. The van der Waals surface area contributed by atoms with E-state index < -0.39 is 0 Å². The molecule has 0 bridgehead atoms. The minimum absolute atomic E-state index is 0.949. The molecule has 0 fully saturated rings. The monoisotopic (exact) mass is 175 g/mol. The van der Waals surface area contributed by atoms with Gasteiger partial charge in [0.25, 0.3) is 0 Å². The number of hydrogen-bond donors (Lipinski definition) is 1. The fourth-order valence-electron chi connectivity index (χ4n) is 1.22. The number of aryl methyl sites for hydroxylation is 1. The Morgan fingerprint density at radius 2 is 2.08 bits per heavy atom. The van der Waals surface area contributed by atoms with E-state index in [2.05, 4.69) is 48.7 Å². The Labute approximate surface area is 80.5 Å². The van der Waals surface area contributed by atoms with Gasteiger partial charge in [-0.25, -0.2) is 0 Å². The van der Waals surface area contributed by atoms with Crippen LogP contribution in [-0.2, 0) is 6.54 Å². The second-order valence-corrected chi connectivity index (χ2v) is 3.13. The predicted octanol–water partition coefficient (Wildman–Crippen LogP) is 2.66. The third-order valence-electron chi connectivity index (χ3n) is 2.07. The molecule has 1 aromatic carbocycles. The van der Waals surface area contributed by atoms with Crippen LogP contribution in [0.2, 0.25) is 0 Å². The summed E-state index contributed by atoms with van der Waals surface area (Å²) in [7, 11) is 0. The van der Waals surface area contributed by atoms with Crippen LogP contribution in [0.1, 0.15) is 18.1 Å². The summed E-state index contributed by atoms with van der Waals surface area (Å²) >= 11 is 0. The lowest BCUT2D eigenvalue weighted by atomic mass is 10.1. The highest BCUT2D eigenvalue weighted by Gasteiger charge is 1.93. The number of hydrogen-bond acceptors (Lipinski definition) is 1. The van der Waals surface area contributed by atoms with Crippen molar-refractivity contribution in [2.24, 2.45) is 0 Å². The van der Waals surface area contributed by atoms with Crippen molar-refractivity contribution in [1.82, 2.24) is 5.32 Å². The predicted molar refractivity (Wildman–Crippen MR) is 57.7 cm³/mol. The van der Waals surface area contributed by atoms with Crippen molar-refractivity contribution < 1.29 is 0 Å². The van der Waals surface area contributed by atoms with Crippen molar-refractivity contribution in [3.63, 3.8) is 0 Å². The smallest absolute Gasteiger partial charge is 0.0211 e. The Morgan fingerprint density at radius 3 is 2.77 bits per heavy atom. The van der Waals surface area contributed by atoms with Gasteiger partial charge in [0.2, 0.25) is 0 Å². The SMILES string of the molecule is C/C=C/CNCc1ccccc1C. The van der Waals surface area contributed by atoms with E-state index in [9.17, 15) is 0 Å². The zero-order valence-electron chi connectivity index (χ0n) is 8.38. The summed E-state index contributed by atoms with van der Waals surface area (Å²) in [6, 6.07) is 8.47. The molecule has 70 valence electrons. The molecule has 0 aliphatic heterocycles. The molecule has 1 heteroatoms. The first kappa shape index (κ1) is 10.0. The topological polar surface area (TPSA) is 12.0 Å². The van der Waals surface area contributed by atoms with E-state index in [1.165, 1.54) is 11.1 Å². The molecule has 1 N–H and O–H groups in total. The van der Waals surface area contributed by atoms with Gasteiger partial charge in [-0.15, -0.1) is 0 Å². The molecule has 0 aliphatic carbocycles. The molecular weight excluding hydrogens is 158 g/mol. The second-order valence-electron chi connectivity index (χ2n) is 3.13. The Hall–Kier alpha value is -1.08. The molecule has 0 aliphatic rings. The Morgan fingerprint density at radius 1 is 1.31 bits per heavy atom. The van der Waals surface area contributed by atoms with Gasteiger partial charge in [0.05, 0.1) is 0 Å². The maximum Gasteiger partial charge on any atom is 0.0211 e. The van der Waals surface area contributed by atoms with E-state index >= 15 is 0 Å². The third-order valence-corrected chi connectivity index (χ3v) is 2.07. The van der Waals surface area contributed by atoms with Gasteiger partial charge in [-0.3, -0.25) is 0 Å². The Bertz CT molecular complexity index is 276. The van der Waals surface area contributed by atoms with Crippen molar-refractivity contribution >= 4 is 0 Å². The fourth-order valence-corrected chi connectivity index (χ4v) is 1.22. The van der Waals surface area contributed by atoms with Crippen LogP contribution in [0, 0.1) is 6.92 Å². The summed E-state index contributed by atoms with van der Waals surface area (Å²) in [5, 5.41) is 3.36. The van der Waals surface area contributed by atoms with E-state index in [0.29, 0.717) is 0 Å². The fraction of sp³-hybridized carbons (Fsp3) is 0.333. The minimum atomic E-state index is 0.949. The van der Waals surface area contributed by atoms with E-state index in [1.807, 2.05) is 6.92 Å². The maximum atomic E-state index is 3.36. The number of benzene rings is 1. The molecule has 1 rings (SSSR count). The van der Waals surface area contributed by atoms with E-state index in [4.69, 9.17) is 0 Å². The molecule has 0 unspecified atom stereocenters. The highest BCUT2D eigenvalue weighted by Crippen LogP contribution is 2.05. The van der Waals surface area contributed by atoms with Gasteiger partial charge >= 0.3 is 0 Å². The van der Waals surface area contributed by atoms with Crippen molar-refractivity contribution in [3.05, 3.63) is 47.5 Å². The summed E-state index contributed by atoms with van der Waals surface area (Å²) in [5.41, 5.74) is 2.74. The van der Waals surface area contributed by atoms with Crippen LogP contribution in [-0.4, -0.2) is 6.54 Å². The minimum Gasteiger partial charge on any atom is -0.309 e. The first-order valence-electron chi connectivity index (χ1n) is 4.71. The third kappa shape index (κ3) is 3.43. The lowest BCUT2D eigenvalue weighted by molar-refractivity contribution is 0.755. The van der Waals surface area contributed by atoms with Crippen LogP contribution in [0.3, 0.4) is 0 Å². The maximum absolute atomic E-state index is 3.36. The first-order valence-corrected chi connectivity index (χ1v) is 4.71. The van der Waals surface area contributed by atoms with Crippen molar-refractivity contribution in [2.45, 2.75) is 20.4 Å². The summed E-state index contributed by atoms with van der Waals surface area (Å²) in [5.74, 6) is 0. The molecule has 0 spiro atoms. The average Bonchev–Trinajstić information content (AvgIpc) is 2.15. The van der Waals surface area contributed by atoms with Gasteiger partial charge in [-0.1, -0.05) is 36.4 Å². The largest absolute Gasteiger partial charge is 0.309 e. The first-order chi connectivity index (χ1) is 6.34. The van der Waals surface area contributed by atoms with Crippen LogP contribution < -0.4 is 5.32 Å². The van der Waals surface area contributed by atoms with Gasteiger partial charge in [-0.05, 0) is 25.0 Å². The van der Waals surface area contributed by atoms with Crippen LogP contribution in [0.4, 0.5) is 0 Å². The summed E-state index contributed by atoms with van der Waals surface area (Å²) in [6.07, 6.45) is 4.18. The molecule has 1 nitrogen and oxygen atoms in total. The lowest BCUT2D eigenvalue weighted by Gasteiger charge is -2.05. The van der Waals surface area contributed by atoms with Gasteiger partial charge < -0.3 is 5.32 Å². The molecule has 0 radical (unpaired) electrons. The zero-order valence-corrected chi connectivity index (χ0v) is 8.38. The number of nitrogens with one attached hydrogen (secondary N) is 1. The van der Waals surface area contributed by atoms with Crippen molar-refractivity contribution in [3.8, 4) is 0 Å². The molecule has 0 atom stereocenters. The molecular formula is C12H17N. The average molecular weight is 175 g/mol. The van der Waals surface area contributed by atoms with Crippen LogP contribution in [0.5, 0.6) is 0 Å². The second kappa shape index (κ2) is 5.55. The molecule has 0 aromatic heterocycles. The van der Waals surface area contributed by atoms with Crippen LogP contribution in [0.25, 0.3) is 0 Å².